The molecule has 15 heavy (non-hydrogen) atoms. The van der Waals surface area contributed by atoms with Crippen LogP contribution in [0.1, 0.15) is 39.0 Å². The first-order valence-electron chi connectivity index (χ1n) is 5.33. The molecule has 0 aliphatic rings. The van der Waals surface area contributed by atoms with Crippen LogP contribution in [0.15, 0.2) is 17.2 Å². The van der Waals surface area contributed by atoms with Crippen molar-refractivity contribution in [3.05, 3.63) is 34.0 Å². The smallest absolute Gasteiger partial charge is 0.258 e. The van der Waals surface area contributed by atoms with Crippen molar-refractivity contribution in [2.75, 3.05) is 0 Å². The quantitative estimate of drug-likeness (QED) is 0.812. The van der Waals surface area contributed by atoms with Crippen molar-refractivity contribution in [3.8, 4) is 0 Å². The van der Waals surface area contributed by atoms with Crippen LogP contribution in [0.25, 0.3) is 6.08 Å². The number of rotatable bonds is 2. The number of allylic oxidation sites excluding steroid dienone is 1. The number of nitrogens with one attached hydrogen (secondary N) is 1. The number of aromatic nitrogens is 2. The Hall–Kier alpha value is -1.38. The maximum absolute atomic E-state index is 11.3. The minimum Gasteiger partial charge on any atom is -0.313 e. The first-order chi connectivity index (χ1) is 7.11. The van der Waals surface area contributed by atoms with Crippen LogP contribution in [0.5, 0.6) is 0 Å². The van der Waals surface area contributed by atoms with Gasteiger partial charge in [-0.15, -0.1) is 0 Å². The third kappa shape index (κ3) is 4.58. The second-order valence-corrected chi connectivity index (χ2v) is 3.33. The molecule has 0 unspecified atom stereocenters. The van der Waals surface area contributed by atoms with Gasteiger partial charge in [0.05, 0.1) is 17.6 Å². The molecule has 0 atom stereocenters. The van der Waals surface area contributed by atoms with Gasteiger partial charge in [0, 0.05) is 0 Å². The zero-order valence-electron chi connectivity index (χ0n) is 10.2. The van der Waals surface area contributed by atoms with E-state index in [4.69, 9.17) is 0 Å². The summed E-state index contributed by atoms with van der Waals surface area (Å²) in [4.78, 5) is 17.9. The van der Waals surface area contributed by atoms with E-state index in [1.165, 1.54) is 6.33 Å². The van der Waals surface area contributed by atoms with Gasteiger partial charge < -0.3 is 4.98 Å². The summed E-state index contributed by atoms with van der Waals surface area (Å²) < 4.78 is 0. The summed E-state index contributed by atoms with van der Waals surface area (Å²) >= 11 is 0. The lowest BCUT2D eigenvalue weighted by atomic mass is 10.1. The largest absolute Gasteiger partial charge is 0.313 e. The summed E-state index contributed by atoms with van der Waals surface area (Å²) in [5, 5.41) is 0. The van der Waals surface area contributed by atoms with Crippen LogP contribution in [0.4, 0.5) is 0 Å². The summed E-state index contributed by atoms with van der Waals surface area (Å²) in [6.45, 7) is 9.96. The average molecular weight is 208 g/mol. The summed E-state index contributed by atoms with van der Waals surface area (Å²) in [6.07, 6.45) is 5.23. The predicted octanol–water partition coefficient (Wildman–Crippen LogP) is 2.77. The lowest BCUT2D eigenvalue weighted by Crippen LogP contribution is -2.11. The highest BCUT2D eigenvalue weighted by Crippen LogP contribution is 2.02. The molecular formula is C12H20N2O. The Labute approximate surface area is 91.3 Å². The average Bonchev–Trinajstić information content (AvgIpc) is 2.20. The molecule has 1 aromatic rings. The normalized spacial score (nSPS) is 10.3. The van der Waals surface area contributed by atoms with Gasteiger partial charge in [-0.05, 0) is 12.8 Å². The Balaban J connectivity index is 0.000000921. The molecule has 84 valence electrons. The summed E-state index contributed by atoms with van der Waals surface area (Å²) in [5.41, 5.74) is 1.33. The Morgan fingerprint density at radius 2 is 2.00 bits per heavy atom. The molecule has 1 N–H and O–H groups in total. The van der Waals surface area contributed by atoms with Crippen LogP contribution in [0.3, 0.4) is 0 Å². The van der Waals surface area contributed by atoms with Crippen molar-refractivity contribution in [3.63, 3.8) is 0 Å². The second kappa shape index (κ2) is 6.98. The molecule has 0 saturated heterocycles. The molecule has 0 fully saturated rings. The Kier molecular flexibility index (Phi) is 6.34. The van der Waals surface area contributed by atoms with Gasteiger partial charge in [0.25, 0.3) is 5.56 Å². The van der Waals surface area contributed by atoms with E-state index < -0.39 is 0 Å². The van der Waals surface area contributed by atoms with Crippen molar-refractivity contribution in [1.29, 1.82) is 0 Å². The van der Waals surface area contributed by atoms with Crippen LogP contribution >= 0.6 is 0 Å². The molecule has 0 saturated carbocycles. The SMILES string of the molecule is CC.Cc1nc[nH]c(=O)c1/C=C\C(C)C. The van der Waals surface area contributed by atoms with E-state index in [-0.39, 0.29) is 5.56 Å². The summed E-state index contributed by atoms with van der Waals surface area (Å²) in [7, 11) is 0. The predicted molar refractivity (Wildman–Crippen MR) is 64.8 cm³/mol. The van der Waals surface area contributed by atoms with Gasteiger partial charge in [0.15, 0.2) is 0 Å². The van der Waals surface area contributed by atoms with Gasteiger partial charge in [-0.25, -0.2) is 4.98 Å². The summed E-state index contributed by atoms with van der Waals surface area (Å²) in [6, 6.07) is 0. The number of aromatic amines is 1. The number of nitrogens with zero attached hydrogens (tertiary/aromatic N) is 1. The molecule has 0 spiro atoms. The lowest BCUT2D eigenvalue weighted by molar-refractivity contribution is 0.836. The molecule has 0 aliphatic carbocycles. The number of H-pyrrole nitrogens is 1. The topological polar surface area (TPSA) is 45.8 Å². The van der Waals surface area contributed by atoms with Crippen molar-refractivity contribution >= 4 is 6.08 Å². The molecule has 1 heterocycles. The van der Waals surface area contributed by atoms with Crippen molar-refractivity contribution < 1.29 is 0 Å². The Bertz CT molecular complexity index is 364. The van der Waals surface area contributed by atoms with E-state index in [0.29, 0.717) is 11.5 Å². The number of hydrogen-bond donors (Lipinski definition) is 1. The number of hydrogen-bond acceptors (Lipinski definition) is 2. The summed E-state index contributed by atoms with van der Waals surface area (Å²) in [5.74, 6) is 0.444. The monoisotopic (exact) mass is 208 g/mol. The van der Waals surface area contributed by atoms with Crippen molar-refractivity contribution in [1.82, 2.24) is 9.97 Å². The Morgan fingerprint density at radius 3 is 2.47 bits per heavy atom. The standard InChI is InChI=1S/C10H14N2O.C2H6/c1-7(2)4-5-9-8(3)11-6-12-10(9)13;1-2/h4-7H,1-3H3,(H,11,12,13);1-2H3/b5-4-;. The van der Waals surface area contributed by atoms with Gasteiger partial charge in [0.2, 0.25) is 0 Å². The third-order valence-electron chi connectivity index (χ3n) is 1.74. The fourth-order valence-electron chi connectivity index (χ4n) is 0.984. The van der Waals surface area contributed by atoms with Crippen LogP contribution in [0.2, 0.25) is 0 Å². The van der Waals surface area contributed by atoms with E-state index in [0.717, 1.165) is 5.69 Å². The zero-order chi connectivity index (χ0) is 11.8. The minimum atomic E-state index is -0.0793. The maximum Gasteiger partial charge on any atom is 0.258 e. The van der Waals surface area contributed by atoms with Gasteiger partial charge in [-0.3, -0.25) is 4.79 Å². The highest BCUT2D eigenvalue weighted by atomic mass is 16.1. The van der Waals surface area contributed by atoms with E-state index in [1.807, 2.05) is 32.9 Å². The molecule has 1 aromatic heterocycles. The molecule has 0 aliphatic heterocycles. The second-order valence-electron chi connectivity index (χ2n) is 3.33. The van der Waals surface area contributed by atoms with Gasteiger partial charge in [0.1, 0.15) is 0 Å². The molecular weight excluding hydrogens is 188 g/mol. The third-order valence-corrected chi connectivity index (χ3v) is 1.74. The molecule has 0 radical (unpaired) electrons. The molecule has 3 nitrogen and oxygen atoms in total. The lowest BCUT2D eigenvalue weighted by Gasteiger charge is -1.97. The first-order valence-corrected chi connectivity index (χ1v) is 5.33. The molecule has 0 amide bonds. The van der Waals surface area contributed by atoms with E-state index >= 15 is 0 Å². The first kappa shape index (κ1) is 13.6. The fraction of sp³-hybridized carbons (Fsp3) is 0.500. The van der Waals surface area contributed by atoms with Crippen LogP contribution in [-0.2, 0) is 0 Å². The molecule has 3 heteroatoms. The number of aryl methyl sites for hydroxylation is 1. The van der Waals surface area contributed by atoms with Gasteiger partial charge in [-0.2, -0.15) is 0 Å². The van der Waals surface area contributed by atoms with Gasteiger partial charge in [-0.1, -0.05) is 39.8 Å². The fourth-order valence-corrected chi connectivity index (χ4v) is 0.984. The molecule has 0 aromatic carbocycles. The maximum atomic E-state index is 11.3. The minimum absolute atomic E-state index is 0.0793. The zero-order valence-corrected chi connectivity index (χ0v) is 10.2. The highest BCUT2D eigenvalue weighted by Gasteiger charge is 1.99. The van der Waals surface area contributed by atoms with E-state index in [2.05, 4.69) is 23.8 Å². The molecule has 0 bridgehead atoms. The van der Waals surface area contributed by atoms with Crippen LogP contribution < -0.4 is 5.56 Å². The Morgan fingerprint density at radius 1 is 1.40 bits per heavy atom. The van der Waals surface area contributed by atoms with Crippen LogP contribution in [-0.4, -0.2) is 9.97 Å². The van der Waals surface area contributed by atoms with Crippen molar-refractivity contribution in [2.24, 2.45) is 5.92 Å². The van der Waals surface area contributed by atoms with Crippen LogP contribution in [0, 0.1) is 12.8 Å². The highest BCUT2D eigenvalue weighted by molar-refractivity contribution is 5.50. The molecule has 1 rings (SSSR count). The van der Waals surface area contributed by atoms with E-state index in [1.54, 1.807) is 0 Å². The van der Waals surface area contributed by atoms with Crippen molar-refractivity contribution in [2.45, 2.75) is 34.6 Å². The van der Waals surface area contributed by atoms with Gasteiger partial charge >= 0.3 is 0 Å². The van der Waals surface area contributed by atoms with E-state index in [9.17, 15) is 4.79 Å².